The lowest BCUT2D eigenvalue weighted by Crippen LogP contribution is -2.25. The number of fused-ring (bicyclic) bond motifs is 1. The maximum atomic E-state index is 12.8. The largest absolute Gasteiger partial charge is 0.494 e. The van der Waals surface area contributed by atoms with E-state index >= 15 is 0 Å². The molecule has 0 saturated carbocycles. The Labute approximate surface area is 229 Å². The lowest BCUT2D eigenvalue weighted by atomic mass is 10.1. The minimum Gasteiger partial charge on any atom is -0.494 e. The molecule has 4 aromatic rings. The van der Waals surface area contributed by atoms with E-state index in [1.54, 1.807) is 12.1 Å². The highest BCUT2D eigenvalue weighted by Crippen LogP contribution is 2.38. The second kappa shape index (κ2) is 13.6. The number of methoxy groups -OCH3 is 3. The number of imidazole rings is 1. The first-order chi connectivity index (χ1) is 19.1. The van der Waals surface area contributed by atoms with Crippen LogP contribution in [-0.2, 0) is 19.4 Å². The van der Waals surface area contributed by atoms with Gasteiger partial charge in [-0.05, 0) is 61.2 Å². The van der Waals surface area contributed by atoms with Gasteiger partial charge in [0.1, 0.15) is 11.6 Å². The Hall–Kier alpha value is -4.20. The number of aromatic nitrogens is 2. The maximum absolute atomic E-state index is 12.8. The highest BCUT2D eigenvalue weighted by molar-refractivity contribution is 5.95. The van der Waals surface area contributed by atoms with Gasteiger partial charge < -0.3 is 28.8 Å². The third-order valence-electron chi connectivity index (χ3n) is 6.65. The number of carbonyl (C=O) groups is 1. The van der Waals surface area contributed by atoms with Crippen LogP contribution in [-0.4, -0.2) is 49.9 Å². The number of amides is 1. The van der Waals surface area contributed by atoms with Crippen molar-refractivity contribution in [3.8, 4) is 23.0 Å². The SMILES string of the molecule is CCc1ccc(OCCCn2c(CCCNC(=O)c3cc(OC)c(OC)c(OC)c3)nc3ccccc32)cc1. The number of nitrogens with zero attached hydrogens (tertiary/aromatic N) is 2. The summed E-state index contributed by atoms with van der Waals surface area (Å²) in [6, 6.07) is 19.8. The molecular formula is C31H37N3O5. The van der Waals surface area contributed by atoms with Crippen molar-refractivity contribution in [2.24, 2.45) is 0 Å². The van der Waals surface area contributed by atoms with E-state index in [9.17, 15) is 4.79 Å². The summed E-state index contributed by atoms with van der Waals surface area (Å²) in [6.07, 6.45) is 3.37. The molecule has 1 N–H and O–H groups in total. The number of hydrogen-bond acceptors (Lipinski definition) is 6. The number of carbonyl (C=O) groups excluding carboxylic acids is 1. The summed E-state index contributed by atoms with van der Waals surface area (Å²) in [6.45, 7) is 4.09. The zero-order valence-electron chi connectivity index (χ0n) is 23.2. The van der Waals surface area contributed by atoms with Gasteiger partial charge in [-0.15, -0.1) is 0 Å². The zero-order valence-corrected chi connectivity index (χ0v) is 23.2. The van der Waals surface area contributed by atoms with Gasteiger partial charge in [0.15, 0.2) is 11.5 Å². The molecule has 1 aromatic heterocycles. The van der Waals surface area contributed by atoms with Crippen LogP contribution in [0.2, 0.25) is 0 Å². The minimum atomic E-state index is -0.202. The molecule has 0 spiro atoms. The molecule has 0 radical (unpaired) electrons. The average Bonchev–Trinajstić information content (AvgIpc) is 3.33. The molecular weight excluding hydrogens is 494 g/mol. The van der Waals surface area contributed by atoms with E-state index in [4.69, 9.17) is 23.9 Å². The summed E-state index contributed by atoms with van der Waals surface area (Å²) < 4.78 is 24.3. The van der Waals surface area contributed by atoms with Gasteiger partial charge in [-0.2, -0.15) is 0 Å². The van der Waals surface area contributed by atoms with Crippen LogP contribution in [0.1, 0.15) is 41.5 Å². The fourth-order valence-electron chi connectivity index (χ4n) is 4.56. The van der Waals surface area contributed by atoms with Crippen LogP contribution >= 0.6 is 0 Å². The first-order valence-electron chi connectivity index (χ1n) is 13.3. The second-order valence-corrected chi connectivity index (χ2v) is 9.14. The minimum absolute atomic E-state index is 0.202. The summed E-state index contributed by atoms with van der Waals surface area (Å²) in [5.41, 5.74) is 3.84. The lowest BCUT2D eigenvalue weighted by molar-refractivity contribution is 0.0952. The van der Waals surface area contributed by atoms with Crippen molar-refractivity contribution in [3.05, 3.63) is 77.6 Å². The van der Waals surface area contributed by atoms with E-state index in [-0.39, 0.29) is 5.91 Å². The van der Waals surface area contributed by atoms with Crippen molar-refractivity contribution in [1.29, 1.82) is 0 Å². The smallest absolute Gasteiger partial charge is 0.251 e. The monoisotopic (exact) mass is 531 g/mol. The van der Waals surface area contributed by atoms with E-state index in [2.05, 4.69) is 35.0 Å². The summed E-state index contributed by atoms with van der Waals surface area (Å²) in [5, 5.41) is 2.99. The highest BCUT2D eigenvalue weighted by atomic mass is 16.5. The number of aryl methyl sites for hydroxylation is 3. The third-order valence-corrected chi connectivity index (χ3v) is 6.65. The predicted octanol–water partition coefficient (Wildman–Crippen LogP) is 5.46. The molecule has 0 bridgehead atoms. The summed E-state index contributed by atoms with van der Waals surface area (Å²) >= 11 is 0. The van der Waals surface area contributed by atoms with Crippen LogP contribution in [0.5, 0.6) is 23.0 Å². The van der Waals surface area contributed by atoms with Crippen LogP contribution in [0.15, 0.2) is 60.7 Å². The van der Waals surface area contributed by atoms with Crippen molar-refractivity contribution in [1.82, 2.24) is 14.9 Å². The van der Waals surface area contributed by atoms with Crippen molar-refractivity contribution < 1.29 is 23.7 Å². The Bertz CT molecular complexity index is 1360. The van der Waals surface area contributed by atoms with Crippen LogP contribution < -0.4 is 24.3 Å². The Morgan fingerprint density at radius 2 is 1.64 bits per heavy atom. The van der Waals surface area contributed by atoms with Crippen LogP contribution in [0.3, 0.4) is 0 Å². The molecule has 0 saturated heterocycles. The molecule has 0 atom stereocenters. The highest BCUT2D eigenvalue weighted by Gasteiger charge is 2.17. The molecule has 39 heavy (non-hydrogen) atoms. The molecule has 3 aromatic carbocycles. The Morgan fingerprint density at radius 3 is 2.31 bits per heavy atom. The predicted molar refractivity (Wildman–Crippen MR) is 152 cm³/mol. The third kappa shape index (κ3) is 6.82. The van der Waals surface area contributed by atoms with Crippen LogP contribution in [0.25, 0.3) is 11.0 Å². The fourth-order valence-corrected chi connectivity index (χ4v) is 4.56. The lowest BCUT2D eigenvalue weighted by Gasteiger charge is -2.14. The summed E-state index contributed by atoms with van der Waals surface area (Å²) in [4.78, 5) is 17.7. The molecule has 8 heteroatoms. The number of hydrogen-bond donors (Lipinski definition) is 1. The van der Waals surface area contributed by atoms with Gasteiger partial charge in [-0.1, -0.05) is 31.2 Å². The van der Waals surface area contributed by atoms with Gasteiger partial charge in [-0.25, -0.2) is 4.98 Å². The zero-order chi connectivity index (χ0) is 27.6. The maximum Gasteiger partial charge on any atom is 0.251 e. The fraction of sp³-hybridized carbons (Fsp3) is 0.355. The van der Waals surface area contributed by atoms with E-state index < -0.39 is 0 Å². The molecule has 206 valence electrons. The first-order valence-corrected chi connectivity index (χ1v) is 13.3. The van der Waals surface area contributed by atoms with Crippen molar-refractivity contribution >= 4 is 16.9 Å². The summed E-state index contributed by atoms with van der Waals surface area (Å²) in [7, 11) is 4.59. The van der Waals surface area contributed by atoms with E-state index in [0.29, 0.717) is 36.0 Å². The molecule has 1 heterocycles. The van der Waals surface area contributed by atoms with Crippen LogP contribution in [0.4, 0.5) is 0 Å². The number of rotatable bonds is 14. The van der Waals surface area contributed by atoms with Crippen LogP contribution in [0, 0.1) is 0 Å². The van der Waals surface area contributed by atoms with Gasteiger partial charge in [0, 0.05) is 25.1 Å². The number of para-hydroxylation sites is 2. The second-order valence-electron chi connectivity index (χ2n) is 9.14. The van der Waals surface area contributed by atoms with Gasteiger partial charge in [-0.3, -0.25) is 4.79 Å². The molecule has 8 nitrogen and oxygen atoms in total. The molecule has 0 unspecified atom stereocenters. The van der Waals surface area contributed by atoms with Crippen molar-refractivity contribution in [2.45, 2.75) is 39.2 Å². The van der Waals surface area contributed by atoms with E-state index in [1.807, 2.05) is 30.3 Å². The van der Waals surface area contributed by atoms with Crippen molar-refractivity contribution in [3.63, 3.8) is 0 Å². The van der Waals surface area contributed by atoms with Crippen molar-refractivity contribution in [2.75, 3.05) is 34.5 Å². The summed E-state index contributed by atoms with van der Waals surface area (Å²) in [5.74, 6) is 3.04. The van der Waals surface area contributed by atoms with Gasteiger partial charge >= 0.3 is 0 Å². The average molecular weight is 532 g/mol. The van der Waals surface area contributed by atoms with Gasteiger partial charge in [0.25, 0.3) is 5.91 Å². The Kier molecular flexibility index (Phi) is 9.67. The van der Waals surface area contributed by atoms with E-state index in [0.717, 1.165) is 54.8 Å². The number of benzene rings is 3. The number of nitrogens with one attached hydrogen (secondary N) is 1. The Morgan fingerprint density at radius 1 is 0.923 bits per heavy atom. The molecule has 0 aliphatic heterocycles. The molecule has 0 aliphatic carbocycles. The standard InChI is InChI=1S/C31H37N3O5/c1-5-22-13-15-24(16-14-22)39-19-9-18-34-26-11-7-6-10-25(26)33-29(34)12-8-17-32-31(35)23-20-27(36-2)30(38-4)28(21-23)37-3/h6-7,10-11,13-16,20-21H,5,8-9,12,17-19H2,1-4H3,(H,32,35). The molecule has 0 aliphatic rings. The normalized spacial score (nSPS) is 10.9. The van der Waals surface area contributed by atoms with E-state index in [1.165, 1.54) is 26.9 Å². The Balaban J connectivity index is 1.34. The number of ether oxygens (including phenoxy) is 4. The quantitative estimate of drug-likeness (QED) is 0.218. The van der Waals surface area contributed by atoms with Gasteiger partial charge in [0.05, 0.1) is 39.0 Å². The topological polar surface area (TPSA) is 83.8 Å². The van der Waals surface area contributed by atoms with Gasteiger partial charge in [0.2, 0.25) is 5.75 Å². The first kappa shape index (κ1) is 27.8. The molecule has 0 fully saturated rings. The molecule has 4 rings (SSSR count). The molecule has 1 amide bonds.